The van der Waals surface area contributed by atoms with Gasteiger partial charge >= 0.3 is 0 Å². The highest BCUT2D eigenvalue weighted by molar-refractivity contribution is 5.77. The van der Waals surface area contributed by atoms with Crippen LogP contribution in [0.4, 0.5) is 4.39 Å². The van der Waals surface area contributed by atoms with Gasteiger partial charge in [-0.15, -0.1) is 0 Å². The second-order valence-corrected chi connectivity index (χ2v) is 7.66. The summed E-state index contributed by atoms with van der Waals surface area (Å²) in [5, 5.41) is 6.89. The number of aromatic amines is 1. The summed E-state index contributed by atoms with van der Waals surface area (Å²) >= 11 is 0. The Morgan fingerprint density at radius 1 is 1.25 bits per heavy atom. The third kappa shape index (κ3) is 5.79. The molecule has 1 aliphatic heterocycles. The van der Waals surface area contributed by atoms with E-state index in [4.69, 9.17) is 15.6 Å². The molecule has 4 rings (SSSR count). The fourth-order valence-corrected chi connectivity index (χ4v) is 3.98. The van der Waals surface area contributed by atoms with E-state index in [2.05, 4.69) is 9.97 Å². The van der Waals surface area contributed by atoms with Gasteiger partial charge in [0.05, 0.1) is 17.9 Å². The molecule has 1 amide bonds. The molecule has 0 spiro atoms. The Kier molecular flexibility index (Phi) is 8.10. The first-order chi connectivity index (χ1) is 15.5. The number of hydrogen-bond donors (Lipinski definition) is 3. The van der Waals surface area contributed by atoms with Crippen LogP contribution in [0.3, 0.4) is 0 Å². The molecule has 168 valence electrons. The van der Waals surface area contributed by atoms with Crippen LogP contribution < -0.4 is 5.73 Å². The number of amides is 1. The number of likely N-dealkylation sites (tertiary alicyclic amines) is 1. The molecule has 0 radical (unpaired) electrons. The molecule has 0 unspecified atom stereocenters. The molecule has 32 heavy (non-hydrogen) atoms. The van der Waals surface area contributed by atoms with E-state index in [0.717, 1.165) is 29.9 Å². The summed E-state index contributed by atoms with van der Waals surface area (Å²) in [6.45, 7) is 0.442. The predicted molar refractivity (Wildman–Crippen MR) is 119 cm³/mol. The third-order valence-electron chi connectivity index (χ3n) is 5.45. The van der Waals surface area contributed by atoms with Gasteiger partial charge in [-0.2, -0.15) is 0 Å². The maximum Gasteiger partial charge on any atom is 0.290 e. The van der Waals surface area contributed by atoms with Crippen LogP contribution in [0.25, 0.3) is 11.3 Å². The normalized spacial score (nSPS) is 16.2. The van der Waals surface area contributed by atoms with Gasteiger partial charge in [0.25, 0.3) is 6.47 Å². The van der Waals surface area contributed by atoms with Crippen LogP contribution in [0.15, 0.2) is 60.8 Å². The molecule has 0 bridgehead atoms. The van der Waals surface area contributed by atoms with E-state index < -0.39 is 6.04 Å². The number of benzene rings is 2. The topological polar surface area (TPSA) is 112 Å². The highest BCUT2D eigenvalue weighted by Gasteiger charge is 2.32. The van der Waals surface area contributed by atoms with E-state index in [1.54, 1.807) is 18.2 Å². The van der Waals surface area contributed by atoms with Gasteiger partial charge < -0.3 is 20.7 Å². The number of nitrogens with two attached hydrogens (primary N) is 1. The van der Waals surface area contributed by atoms with E-state index >= 15 is 0 Å². The molecule has 0 aliphatic carbocycles. The molecule has 1 fully saturated rings. The number of rotatable bonds is 6. The number of carbonyl (C=O) groups excluding carboxylic acids is 1. The lowest BCUT2D eigenvalue weighted by Gasteiger charge is -2.25. The van der Waals surface area contributed by atoms with Crippen LogP contribution in [-0.2, 0) is 16.0 Å². The number of nitrogens with one attached hydrogen (secondary N) is 1. The smallest absolute Gasteiger partial charge is 0.290 e. The first-order valence-electron chi connectivity index (χ1n) is 10.5. The van der Waals surface area contributed by atoms with Gasteiger partial charge in [-0.3, -0.25) is 9.59 Å². The lowest BCUT2D eigenvalue weighted by molar-refractivity contribution is -0.132. The molecular weight excluding hydrogens is 411 g/mol. The number of halogens is 1. The summed E-state index contributed by atoms with van der Waals surface area (Å²) in [6.07, 6.45) is 4.15. The number of carboxylic acid groups (broad SMARTS) is 1. The molecule has 4 N–H and O–H groups in total. The Balaban J connectivity index is 0.000000913. The van der Waals surface area contributed by atoms with Crippen molar-refractivity contribution >= 4 is 12.4 Å². The molecule has 2 heterocycles. The van der Waals surface area contributed by atoms with E-state index in [-0.39, 0.29) is 30.7 Å². The monoisotopic (exact) mass is 438 g/mol. The van der Waals surface area contributed by atoms with Crippen LogP contribution in [0.5, 0.6) is 0 Å². The zero-order valence-corrected chi connectivity index (χ0v) is 17.7. The summed E-state index contributed by atoms with van der Waals surface area (Å²) in [5.74, 6) is 0.518. The fourth-order valence-electron chi connectivity index (χ4n) is 3.98. The van der Waals surface area contributed by atoms with Crippen LogP contribution in [0.2, 0.25) is 0 Å². The van der Waals surface area contributed by atoms with Crippen molar-refractivity contribution in [2.45, 2.75) is 37.8 Å². The first kappa shape index (κ1) is 23.1. The van der Waals surface area contributed by atoms with Gasteiger partial charge in [0, 0.05) is 19.0 Å². The Morgan fingerprint density at radius 2 is 1.94 bits per heavy atom. The second kappa shape index (κ2) is 11.2. The minimum atomic E-state index is -0.419. The Labute approximate surface area is 186 Å². The average Bonchev–Trinajstić information content (AvgIpc) is 3.46. The summed E-state index contributed by atoms with van der Waals surface area (Å²) in [5.41, 5.74) is 8.72. The average molecular weight is 439 g/mol. The molecule has 0 saturated carbocycles. The Hall–Kier alpha value is -3.52. The molecule has 7 nitrogen and oxygen atoms in total. The molecule has 8 heteroatoms. The highest BCUT2D eigenvalue weighted by Crippen LogP contribution is 2.32. The molecular formula is C24H27FN4O3. The van der Waals surface area contributed by atoms with Crippen molar-refractivity contribution in [2.75, 3.05) is 6.54 Å². The van der Waals surface area contributed by atoms with Crippen LogP contribution >= 0.6 is 0 Å². The van der Waals surface area contributed by atoms with Gasteiger partial charge in [-0.05, 0) is 36.5 Å². The zero-order chi connectivity index (χ0) is 22.9. The molecule has 1 aliphatic rings. The number of carbonyl (C=O) groups is 2. The SMILES string of the molecule is N[C@@H](CC(=O)N1CCC[C@H]1c1ncc(-c2ccccc2)[nH]1)Cc1ccccc1F.O=CO. The van der Waals surface area contributed by atoms with Gasteiger partial charge in [0.1, 0.15) is 11.6 Å². The van der Waals surface area contributed by atoms with Crippen molar-refractivity contribution in [2.24, 2.45) is 5.73 Å². The lowest BCUT2D eigenvalue weighted by Crippen LogP contribution is -2.36. The summed E-state index contributed by atoms with van der Waals surface area (Å²) in [6, 6.07) is 16.1. The van der Waals surface area contributed by atoms with Crippen LogP contribution in [0.1, 0.15) is 36.7 Å². The fraction of sp³-hybridized carbons (Fsp3) is 0.292. The van der Waals surface area contributed by atoms with Crippen molar-refractivity contribution in [3.05, 3.63) is 78.0 Å². The molecule has 2 atom stereocenters. The zero-order valence-electron chi connectivity index (χ0n) is 17.7. The van der Waals surface area contributed by atoms with Crippen molar-refractivity contribution in [3.63, 3.8) is 0 Å². The largest absolute Gasteiger partial charge is 0.483 e. The summed E-state index contributed by atoms with van der Waals surface area (Å²) < 4.78 is 13.9. The van der Waals surface area contributed by atoms with Gasteiger partial charge in [-0.1, -0.05) is 48.5 Å². The Morgan fingerprint density at radius 3 is 2.66 bits per heavy atom. The van der Waals surface area contributed by atoms with Gasteiger partial charge in [-0.25, -0.2) is 9.37 Å². The number of imidazole rings is 1. The highest BCUT2D eigenvalue weighted by atomic mass is 19.1. The van der Waals surface area contributed by atoms with Crippen LogP contribution in [0, 0.1) is 5.82 Å². The standard InChI is InChI=1S/C23H25FN4O.CH2O2/c24-19-10-5-4-9-17(19)13-18(25)14-22(29)28-12-6-11-21(28)23-26-15-20(27-23)16-7-2-1-3-8-16;2-1-3/h1-5,7-10,15,18,21H,6,11-14,25H2,(H,26,27);1H,(H,2,3)/t18-,21+;/m1./s1. The molecule has 2 aromatic carbocycles. The number of aromatic nitrogens is 2. The van der Waals surface area contributed by atoms with Crippen LogP contribution in [-0.4, -0.2) is 44.9 Å². The number of nitrogens with zero attached hydrogens (tertiary/aromatic N) is 2. The Bertz CT molecular complexity index is 1020. The maximum absolute atomic E-state index is 13.9. The van der Waals surface area contributed by atoms with Crippen molar-refractivity contribution in [1.29, 1.82) is 0 Å². The number of H-pyrrole nitrogens is 1. The second-order valence-electron chi connectivity index (χ2n) is 7.66. The van der Waals surface area contributed by atoms with Crippen molar-refractivity contribution in [1.82, 2.24) is 14.9 Å². The van der Waals surface area contributed by atoms with Gasteiger partial charge in [0.2, 0.25) is 5.91 Å². The summed E-state index contributed by atoms with van der Waals surface area (Å²) in [4.78, 5) is 31.0. The first-order valence-corrected chi connectivity index (χ1v) is 10.5. The third-order valence-corrected chi connectivity index (χ3v) is 5.45. The van der Waals surface area contributed by atoms with Gasteiger partial charge in [0.15, 0.2) is 0 Å². The van der Waals surface area contributed by atoms with E-state index in [1.165, 1.54) is 6.07 Å². The van der Waals surface area contributed by atoms with E-state index in [0.29, 0.717) is 18.5 Å². The van der Waals surface area contributed by atoms with Crippen molar-refractivity contribution in [3.8, 4) is 11.3 Å². The predicted octanol–water partition coefficient (Wildman–Crippen LogP) is 3.54. The quantitative estimate of drug-likeness (QED) is 0.510. The lowest BCUT2D eigenvalue weighted by atomic mass is 10.0. The molecule has 1 aromatic heterocycles. The molecule has 1 saturated heterocycles. The maximum atomic E-state index is 13.9. The summed E-state index contributed by atoms with van der Waals surface area (Å²) in [7, 11) is 0. The number of hydrogen-bond acceptors (Lipinski definition) is 4. The van der Waals surface area contributed by atoms with E-state index in [9.17, 15) is 9.18 Å². The minimum absolute atomic E-state index is 0.00556. The van der Waals surface area contributed by atoms with E-state index in [1.807, 2.05) is 41.4 Å². The van der Waals surface area contributed by atoms with Crippen molar-refractivity contribution < 1.29 is 19.1 Å². The molecule has 3 aromatic rings. The minimum Gasteiger partial charge on any atom is -0.483 e.